The number of carbonyl (C=O) groups excluding carboxylic acids is 1. The smallest absolute Gasteiger partial charge is 0.234 e. The van der Waals surface area contributed by atoms with Crippen molar-refractivity contribution in [1.82, 2.24) is 0 Å². The molecular formula is C18H25NO4. The van der Waals surface area contributed by atoms with Crippen molar-refractivity contribution in [3.63, 3.8) is 0 Å². The number of benzene rings is 1. The van der Waals surface area contributed by atoms with Gasteiger partial charge in [0.05, 0.1) is 18.6 Å². The second-order valence-corrected chi connectivity index (χ2v) is 6.37. The molecule has 5 nitrogen and oxygen atoms in total. The molecule has 1 N–H and O–H groups in total. The molecule has 1 saturated heterocycles. The molecule has 2 rings (SSSR count). The molecule has 0 aliphatic carbocycles. The van der Waals surface area contributed by atoms with E-state index in [1.807, 2.05) is 32.9 Å². The first kappa shape index (κ1) is 17.5. The topological polar surface area (TPSA) is 56.8 Å². The summed E-state index contributed by atoms with van der Waals surface area (Å²) in [4.78, 5) is 12.5. The van der Waals surface area contributed by atoms with Crippen LogP contribution in [0.3, 0.4) is 0 Å². The minimum Gasteiger partial charge on any atom is -0.490 e. The minimum absolute atomic E-state index is 0.112. The Labute approximate surface area is 137 Å². The van der Waals surface area contributed by atoms with E-state index < -0.39 is 5.41 Å². The minimum atomic E-state index is -0.691. The van der Waals surface area contributed by atoms with Crippen molar-refractivity contribution in [2.45, 2.75) is 27.1 Å². The van der Waals surface area contributed by atoms with Crippen LogP contribution in [0.5, 0.6) is 5.75 Å². The lowest BCUT2D eigenvalue weighted by Gasteiger charge is -2.37. The Balaban J connectivity index is 1.92. The van der Waals surface area contributed by atoms with Crippen molar-refractivity contribution in [3.05, 3.63) is 36.9 Å². The van der Waals surface area contributed by atoms with Gasteiger partial charge in [0.1, 0.15) is 12.4 Å². The van der Waals surface area contributed by atoms with Gasteiger partial charge in [0.2, 0.25) is 5.91 Å². The van der Waals surface area contributed by atoms with Crippen LogP contribution < -0.4 is 10.1 Å². The van der Waals surface area contributed by atoms with Gasteiger partial charge in [-0.05, 0) is 31.2 Å². The van der Waals surface area contributed by atoms with Crippen LogP contribution in [0.2, 0.25) is 0 Å². The molecule has 1 fully saturated rings. The molecule has 0 saturated carbocycles. The molecule has 1 aromatic rings. The molecule has 0 unspecified atom stereocenters. The van der Waals surface area contributed by atoms with Crippen LogP contribution in [0.1, 0.15) is 20.8 Å². The van der Waals surface area contributed by atoms with Crippen LogP contribution in [0.4, 0.5) is 5.69 Å². The van der Waals surface area contributed by atoms with Crippen LogP contribution >= 0.6 is 0 Å². The van der Waals surface area contributed by atoms with Gasteiger partial charge in [-0.25, -0.2) is 0 Å². The number of carbonyl (C=O) groups is 1. The number of rotatable bonds is 6. The fourth-order valence-electron chi connectivity index (χ4n) is 2.21. The fourth-order valence-corrected chi connectivity index (χ4v) is 2.21. The molecule has 1 heterocycles. The van der Waals surface area contributed by atoms with Gasteiger partial charge in [-0.15, -0.1) is 0 Å². The van der Waals surface area contributed by atoms with Crippen molar-refractivity contribution >= 4 is 11.6 Å². The summed E-state index contributed by atoms with van der Waals surface area (Å²) in [6.45, 7) is 10.7. The number of anilines is 1. The van der Waals surface area contributed by atoms with Crippen molar-refractivity contribution in [2.75, 3.05) is 25.1 Å². The first-order valence-corrected chi connectivity index (χ1v) is 7.83. The number of ether oxygens (including phenoxy) is 3. The number of nitrogens with one attached hydrogen (secondary N) is 1. The Kier molecular flexibility index (Phi) is 5.80. The van der Waals surface area contributed by atoms with Gasteiger partial charge in [0, 0.05) is 11.6 Å². The second-order valence-electron chi connectivity index (χ2n) is 6.37. The number of hydrogen-bond acceptors (Lipinski definition) is 4. The zero-order chi connectivity index (χ0) is 16.9. The fraction of sp³-hybridized carbons (Fsp3) is 0.500. The highest BCUT2D eigenvalue weighted by molar-refractivity contribution is 5.95. The van der Waals surface area contributed by atoms with E-state index >= 15 is 0 Å². The van der Waals surface area contributed by atoms with Gasteiger partial charge in [-0.1, -0.05) is 26.5 Å². The third-order valence-corrected chi connectivity index (χ3v) is 3.70. The summed E-state index contributed by atoms with van der Waals surface area (Å²) in [5.74, 6) is 0.892. The summed E-state index contributed by atoms with van der Waals surface area (Å²) in [5.41, 5.74) is 0.0248. The third-order valence-electron chi connectivity index (χ3n) is 3.70. The van der Waals surface area contributed by atoms with E-state index in [0.717, 1.165) is 5.75 Å². The zero-order valence-corrected chi connectivity index (χ0v) is 14.0. The zero-order valence-electron chi connectivity index (χ0n) is 14.0. The Hall–Kier alpha value is -1.85. The summed E-state index contributed by atoms with van der Waals surface area (Å²) < 4.78 is 16.7. The van der Waals surface area contributed by atoms with Gasteiger partial charge >= 0.3 is 0 Å². The van der Waals surface area contributed by atoms with Gasteiger partial charge in [0.15, 0.2) is 6.29 Å². The van der Waals surface area contributed by atoms with E-state index in [1.165, 1.54) is 0 Å². The first-order chi connectivity index (χ1) is 10.9. The van der Waals surface area contributed by atoms with Crippen LogP contribution in [0.25, 0.3) is 0 Å². The van der Waals surface area contributed by atoms with Crippen LogP contribution in [-0.4, -0.2) is 32.0 Å². The van der Waals surface area contributed by atoms with Crippen molar-refractivity contribution in [1.29, 1.82) is 0 Å². The Morgan fingerprint density at radius 2 is 2.00 bits per heavy atom. The maximum atomic E-state index is 12.5. The summed E-state index contributed by atoms with van der Waals surface area (Å²) in [6.07, 6.45) is 1.45. The molecule has 5 heteroatoms. The molecule has 23 heavy (non-hydrogen) atoms. The predicted octanol–water partition coefficient (Wildman–Crippen LogP) is 3.23. The van der Waals surface area contributed by atoms with Gasteiger partial charge in [-0.2, -0.15) is 0 Å². The normalized spacial score (nSPS) is 24.3. The average Bonchev–Trinajstić information content (AvgIpc) is 2.54. The summed E-state index contributed by atoms with van der Waals surface area (Å²) >= 11 is 0. The molecular weight excluding hydrogens is 294 g/mol. The van der Waals surface area contributed by atoms with Crippen LogP contribution in [0.15, 0.2) is 36.9 Å². The Morgan fingerprint density at radius 1 is 1.39 bits per heavy atom. The maximum absolute atomic E-state index is 12.5. The average molecular weight is 319 g/mol. The highest BCUT2D eigenvalue weighted by atomic mass is 16.7. The van der Waals surface area contributed by atoms with Crippen molar-refractivity contribution < 1.29 is 19.0 Å². The summed E-state index contributed by atoms with van der Waals surface area (Å²) in [7, 11) is 0. The standard InChI is InChI=1S/C18H25NO4/c1-5-10-21-15-8-6-14(7-9-15)19-17(20)18(4)11-22-16(13(2)3)23-12-18/h5-9,13,16H,1,10-12H2,2-4H3,(H,19,20). The van der Waals surface area contributed by atoms with Crippen molar-refractivity contribution in [3.8, 4) is 5.75 Å². The summed E-state index contributed by atoms with van der Waals surface area (Å²) in [6, 6.07) is 7.23. The van der Waals surface area contributed by atoms with Crippen LogP contribution in [0, 0.1) is 11.3 Å². The predicted molar refractivity (Wildman–Crippen MR) is 89.4 cm³/mol. The van der Waals surface area contributed by atoms with E-state index in [4.69, 9.17) is 14.2 Å². The Morgan fingerprint density at radius 3 is 2.52 bits per heavy atom. The molecule has 0 spiro atoms. The summed E-state index contributed by atoms with van der Waals surface area (Å²) in [5, 5.41) is 2.90. The largest absolute Gasteiger partial charge is 0.490 e. The highest BCUT2D eigenvalue weighted by Crippen LogP contribution is 2.28. The van der Waals surface area contributed by atoms with E-state index in [1.54, 1.807) is 18.2 Å². The van der Waals surface area contributed by atoms with Gasteiger partial charge < -0.3 is 19.5 Å². The third kappa shape index (κ3) is 4.56. The second kappa shape index (κ2) is 7.62. The molecule has 0 radical (unpaired) electrons. The van der Waals surface area contributed by atoms with Crippen LogP contribution in [-0.2, 0) is 14.3 Å². The molecule has 0 atom stereocenters. The van der Waals surface area contributed by atoms with Gasteiger partial charge in [0.25, 0.3) is 0 Å². The van der Waals surface area contributed by atoms with E-state index in [0.29, 0.717) is 25.5 Å². The van der Waals surface area contributed by atoms with E-state index in [-0.39, 0.29) is 18.1 Å². The lowest BCUT2D eigenvalue weighted by atomic mass is 9.90. The lowest BCUT2D eigenvalue weighted by molar-refractivity contribution is -0.237. The highest BCUT2D eigenvalue weighted by Gasteiger charge is 2.40. The van der Waals surface area contributed by atoms with E-state index in [2.05, 4.69) is 11.9 Å². The molecule has 1 aliphatic rings. The maximum Gasteiger partial charge on any atom is 0.234 e. The monoisotopic (exact) mass is 319 g/mol. The molecule has 1 aromatic carbocycles. The van der Waals surface area contributed by atoms with Crippen molar-refractivity contribution in [2.24, 2.45) is 11.3 Å². The molecule has 1 aliphatic heterocycles. The van der Waals surface area contributed by atoms with E-state index in [9.17, 15) is 4.79 Å². The SMILES string of the molecule is C=CCOc1ccc(NC(=O)C2(C)COC(C(C)C)OC2)cc1. The number of amides is 1. The first-order valence-electron chi connectivity index (χ1n) is 7.83. The van der Waals surface area contributed by atoms with Gasteiger partial charge in [-0.3, -0.25) is 4.79 Å². The molecule has 0 aromatic heterocycles. The lowest BCUT2D eigenvalue weighted by Crippen LogP contribution is -2.48. The number of hydrogen-bond donors (Lipinski definition) is 1. The molecule has 1 amide bonds. The Bertz CT molecular complexity index is 530. The molecule has 0 bridgehead atoms. The molecule has 126 valence electrons. The quantitative estimate of drug-likeness (QED) is 0.818.